The Morgan fingerprint density at radius 2 is 1.74 bits per heavy atom. The van der Waals surface area contributed by atoms with E-state index in [0.29, 0.717) is 29.7 Å². The van der Waals surface area contributed by atoms with E-state index in [0.717, 1.165) is 16.6 Å². The predicted octanol–water partition coefficient (Wildman–Crippen LogP) is 3.51. The molecule has 1 atom stereocenters. The van der Waals surface area contributed by atoms with Gasteiger partial charge in [0.15, 0.2) is 0 Å². The van der Waals surface area contributed by atoms with Crippen molar-refractivity contribution in [2.24, 2.45) is 0 Å². The molecule has 0 radical (unpaired) electrons. The lowest BCUT2D eigenvalue weighted by Crippen LogP contribution is -2.33. The first-order valence-corrected chi connectivity index (χ1v) is 10.0. The lowest BCUT2D eigenvalue weighted by Gasteiger charge is -2.18. The molecule has 0 bridgehead atoms. The topological polar surface area (TPSA) is 98.3 Å². The number of benzene rings is 3. The SMILES string of the molecule is O=C1C(Nc2cccc(O)c2)CCN1c1ccc(-c2n[nH]c(=O)c3ccccc23)cc1. The summed E-state index contributed by atoms with van der Waals surface area (Å²) >= 11 is 0. The summed E-state index contributed by atoms with van der Waals surface area (Å²) in [6, 6.07) is 21.4. The minimum absolute atomic E-state index is 0.0105. The Balaban J connectivity index is 1.38. The number of anilines is 2. The minimum Gasteiger partial charge on any atom is -0.508 e. The molecule has 3 N–H and O–H groups in total. The number of amides is 1. The van der Waals surface area contributed by atoms with Gasteiger partial charge in [-0.3, -0.25) is 9.59 Å². The second-order valence-electron chi connectivity index (χ2n) is 7.52. The molecule has 7 heteroatoms. The number of rotatable bonds is 4. The van der Waals surface area contributed by atoms with E-state index in [9.17, 15) is 14.7 Å². The maximum Gasteiger partial charge on any atom is 0.272 e. The van der Waals surface area contributed by atoms with E-state index >= 15 is 0 Å². The lowest BCUT2D eigenvalue weighted by atomic mass is 10.0. The smallest absolute Gasteiger partial charge is 0.272 e. The molecule has 5 rings (SSSR count). The summed E-state index contributed by atoms with van der Waals surface area (Å²) in [5.41, 5.74) is 2.85. The highest BCUT2D eigenvalue weighted by Crippen LogP contribution is 2.29. The number of H-pyrrole nitrogens is 1. The van der Waals surface area contributed by atoms with Crippen molar-refractivity contribution < 1.29 is 9.90 Å². The van der Waals surface area contributed by atoms with Crippen LogP contribution >= 0.6 is 0 Å². The Labute approximate surface area is 178 Å². The fraction of sp³-hybridized carbons (Fsp3) is 0.125. The number of carbonyl (C=O) groups excluding carboxylic acids is 1. The van der Waals surface area contributed by atoms with Crippen molar-refractivity contribution in [1.29, 1.82) is 0 Å². The maximum absolute atomic E-state index is 12.9. The van der Waals surface area contributed by atoms with Gasteiger partial charge < -0.3 is 15.3 Å². The third-order valence-corrected chi connectivity index (χ3v) is 5.54. The van der Waals surface area contributed by atoms with Gasteiger partial charge in [0, 0.05) is 34.9 Å². The lowest BCUT2D eigenvalue weighted by molar-refractivity contribution is -0.117. The van der Waals surface area contributed by atoms with Crippen molar-refractivity contribution in [3.63, 3.8) is 0 Å². The number of phenolic OH excluding ortho intramolecular Hbond substituents is 1. The summed E-state index contributed by atoms with van der Waals surface area (Å²) in [5, 5.41) is 21.0. The summed E-state index contributed by atoms with van der Waals surface area (Å²) in [5.74, 6) is 0.148. The first kappa shape index (κ1) is 18.9. The van der Waals surface area contributed by atoms with Gasteiger partial charge in [0.1, 0.15) is 11.8 Å². The molecule has 3 aromatic carbocycles. The molecule has 1 aliphatic rings. The van der Waals surface area contributed by atoms with Gasteiger partial charge >= 0.3 is 0 Å². The number of phenols is 1. The zero-order chi connectivity index (χ0) is 21.4. The molecule has 1 saturated heterocycles. The summed E-state index contributed by atoms with van der Waals surface area (Å²) in [6.07, 6.45) is 0.669. The quantitative estimate of drug-likeness (QED) is 0.476. The molecule has 0 saturated carbocycles. The monoisotopic (exact) mass is 412 g/mol. The number of aromatic amines is 1. The van der Waals surface area contributed by atoms with Crippen LogP contribution in [0.3, 0.4) is 0 Å². The molecule has 1 aromatic heterocycles. The van der Waals surface area contributed by atoms with E-state index in [4.69, 9.17) is 0 Å². The first-order valence-electron chi connectivity index (χ1n) is 10.0. The van der Waals surface area contributed by atoms with Crippen LogP contribution < -0.4 is 15.8 Å². The molecule has 7 nitrogen and oxygen atoms in total. The number of aromatic hydroxyl groups is 1. The van der Waals surface area contributed by atoms with Crippen LogP contribution in [0.15, 0.2) is 77.6 Å². The molecule has 4 aromatic rings. The normalized spacial score (nSPS) is 16.1. The van der Waals surface area contributed by atoms with Gasteiger partial charge in [-0.05, 0) is 36.8 Å². The van der Waals surface area contributed by atoms with E-state index in [2.05, 4.69) is 15.5 Å². The van der Waals surface area contributed by atoms with Crippen molar-refractivity contribution in [2.75, 3.05) is 16.8 Å². The van der Waals surface area contributed by atoms with E-state index < -0.39 is 0 Å². The van der Waals surface area contributed by atoms with E-state index in [1.165, 1.54) is 0 Å². The van der Waals surface area contributed by atoms with Crippen LogP contribution in [-0.4, -0.2) is 33.8 Å². The molecule has 0 spiro atoms. The molecular formula is C24H20N4O3. The van der Waals surface area contributed by atoms with E-state index in [1.54, 1.807) is 29.2 Å². The number of hydrogen-bond donors (Lipinski definition) is 3. The van der Waals surface area contributed by atoms with Crippen LogP contribution in [0.4, 0.5) is 11.4 Å². The average molecular weight is 412 g/mol. The third kappa shape index (κ3) is 3.50. The Bertz CT molecular complexity index is 1330. The minimum atomic E-state index is -0.341. The van der Waals surface area contributed by atoms with Crippen molar-refractivity contribution in [1.82, 2.24) is 10.2 Å². The zero-order valence-corrected chi connectivity index (χ0v) is 16.6. The maximum atomic E-state index is 12.9. The van der Waals surface area contributed by atoms with Crippen LogP contribution in [0.1, 0.15) is 6.42 Å². The number of fused-ring (bicyclic) bond motifs is 1. The van der Waals surface area contributed by atoms with Crippen LogP contribution in [0, 0.1) is 0 Å². The number of nitrogens with zero attached hydrogens (tertiary/aromatic N) is 2. The van der Waals surface area contributed by atoms with Crippen LogP contribution in [0.2, 0.25) is 0 Å². The Hall–Kier alpha value is -4.13. The van der Waals surface area contributed by atoms with Crippen molar-refractivity contribution in [3.8, 4) is 17.0 Å². The number of hydrogen-bond acceptors (Lipinski definition) is 5. The molecule has 2 heterocycles. The molecule has 31 heavy (non-hydrogen) atoms. The van der Waals surface area contributed by atoms with Gasteiger partial charge in [-0.1, -0.05) is 36.4 Å². The van der Waals surface area contributed by atoms with Gasteiger partial charge in [0.25, 0.3) is 5.56 Å². The second-order valence-corrected chi connectivity index (χ2v) is 7.52. The average Bonchev–Trinajstić information content (AvgIpc) is 3.14. The van der Waals surface area contributed by atoms with Gasteiger partial charge in [0.2, 0.25) is 5.91 Å². The van der Waals surface area contributed by atoms with Crippen molar-refractivity contribution in [2.45, 2.75) is 12.5 Å². The van der Waals surface area contributed by atoms with E-state index in [-0.39, 0.29) is 23.3 Å². The molecule has 1 amide bonds. The van der Waals surface area contributed by atoms with Crippen molar-refractivity contribution in [3.05, 3.63) is 83.2 Å². The fourth-order valence-electron chi connectivity index (χ4n) is 4.00. The molecule has 154 valence electrons. The first-order chi connectivity index (χ1) is 15.1. The fourth-order valence-corrected chi connectivity index (χ4v) is 4.00. The Morgan fingerprint density at radius 3 is 2.52 bits per heavy atom. The summed E-state index contributed by atoms with van der Waals surface area (Å²) < 4.78 is 0. The summed E-state index contributed by atoms with van der Waals surface area (Å²) in [4.78, 5) is 26.7. The van der Waals surface area contributed by atoms with Gasteiger partial charge in [-0.2, -0.15) is 5.10 Å². The Morgan fingerprint density at radius 1 is 0.968 bits per heavy atom. The van der Waals surface area contributed by atoms with Crippen LogP contribution in [-0.2, 0) is 4.79 Å². The van der Waals surface area contributed by atoms with Crippen LogP contribution in [0.5, 0.6) is 5.75 Å². The van der Waals surface area contributed by atoms with Crippen molar-refractivity contribution >= 4 is 28.1 Å². The van der Waals surface area contributed by atoms with Gasteiger partial charge in [-0.15, -0.1) is 0 Å². The predicted molar refractivity (Wildman–Crippen MR) is 120 cm³/mol. The number of nitrogens with one attached hydrogen (secondary N) is 2. The summed E-state index contributed by atoms with van der Waals surface area (Å²) in [7, 11) is 0. The molecular weight excluding hydrogens is 392 g/mol. The second kappa shape index (κ2) is 7.60. The Kier molecular flexibility index (Phi) is 4.63. The highest BCUT2D eigenvalue weighted by Gasteiger charge is 2.32. The largest absolute Gasteiger partial charge is 0.508 e. The number of carbonyl (C=O) groups is 1. The zero-order valence-electron chi connectivity index (χ0n) is 16.6. The van der Waals surface area contributed by atoms with Crippen LogP contribution in [0.25, 0.3) is 22.0 Å². The molecule has 1 fully saturated rings. The molecule has 1 aliphatic heterocycles. The summed E-state index contributed by atoms with van der Waals surface area (Å²) in [6.45, 7) is 0.606. The van der Waals surface area contributed by atoms with Gasteiger partial charge in [-0.25, -0.2) is 5.10 Å². The highest BCUT2D eigenvalue weighted by atomic mass is 16.3. The molecule has 0 aliphatic carbocycles. The molecule has 1 unspecified atom stereocenters. The highest BCUT2D eigenvalue weighted by molar-refractivity contribution is 6.01. The van der Waals surface area contributed by atoms with Gasteiger partial charge in [0.05, 0.1) is 11.1 Å². The third-order valence-electron chi connectivity index (χ3n) is 5.54. The van der Waals surface area contributed by atoms with E-state index in [1.807, 2.05) is 48.5 Å². The standard InChI is InChI=1S/C24H20N4O3/c29-18-5-3-4-16(14-18)25-21-12-13-28(24(21)31)17-10-8-15(9-11-17)22-19-6-1-2-7-20(19)23(30)27-26-22/h1-11,14,21,25,29H,12-13H2,(H,27,30). The number of aromatic nitrogens is 2.